The minimum absolute atomic E-state index is 0.151. The summed E-state index contributed by atoms with van der Waals surface area (Å²) in [6.45, 7) is 3.77. The molecule has 0 radical (unpaired) electrons. The highest BCUT2D eigenvalue weighted by Crippen LogP contribution is 2.29. The Morgan fingerprint density at radius 3 is 2.42 bits per heavy atom. The molecule has 0 bridgehead atoms. The fourth-order valence-electron chi connectivity index (χ4n) is 3.26. The predicted octanol–water partition coefficient (Wildman–Crippen LogP) is 3.64. The van der Waals surface area contributed by atoms with Gasteiger partial charge in [0.25, 0.3) is 5.91 Å². The third kappa shape index (κ3) is 4.07. The number of nitrogens with one attached hydrogen (secondary N) is 1. The van der Waals surface area contributed by atoms with E-state index in [1.54, 1.807) is 13.0 Å². The fourth-order valence-corrected chi connectivity index (χ4v) is 3.90. The van der Waals surface area contributed by atoms with E-state index in [4.69, 9.17) is 0 Å². The average molecular weight is 372 g/mol. The number of anilines is 2. The number of carbonyl (C=O) groups excluding carboxylic acids is 1. The third-order valence-electron chi connectivity index (χ3n) is 4.73. The van der Waals surface area contributed by atoms with Crippen molar-refractivity contribution in [3.05, 3.63) is 53.6 Å². The predicted molar refractivity (Wildman–Crippen MR) is 105 cm³/mol. The van der Waals surface area contributed by atoms with E-state index in [0.717, 1.165) is 49.1 Å². The molecule has 3 rings (SSSR count). The Balaban J connectivity index is 1.89. The smallest absolute Gasteiger partial charge is 0.256 e. The molecule has 1 N–H and O–H groups in total. The molecule has 0 unspecified atom stereocenters. The van der Waals surface area contributed by atoms with Crippen LogP contribution in [-0.2, 0) is 9.84 Å². The van der Waals surface area contributed by atoms with E-state index in [9.17, 15) is 13.2 Å². The van der Waals surface area contributed by atoms with E-state index < -0.39 is 9.84 Å². The molecule has 2 aromatic rings. The van der Waals surface area contributed by atoms with E-state index in [1.165, 1.54) is 18.6 Å². The lowest BCUT2D eigenvalue weighted by Crippen LogP contribution is -2.30. The lowest BCUT2D eigenvalue weighted by atomic mass is 10.1. The molecule has 6 heteroatoms. The van der Waals surface area contributed by atoms with Crippen LogP contribution in [0.1, 0.15) is 35.2 Å². The second-order valence-electron chi connectivity index (χ2n) is 6.77. The molecule has 5 nitrogen and oxygen atoms in total. The van der Waals surface area contributed by atoms with Gasteiger partial charge >= 0.3 is 0 Å². The lowest BCUT2D eigenvalue weighted by Gasteiger charge is -2.30. The van der Waals surface area contributed by atoms with Crippen LogP contribution >= 0.6 is 0 Å². The van der Waals surface area contributed by atoms with Crippen LogP contribution in [0.2, 0.25) is 0 Å². The van der Waals surface area contributed by atoms with Crippen molar-refractivity contribution < 1.29 is 13.2 Å². The van der Waals surface area contributed by atoms with Crippen molar-refractivity contribution in [2.24, 2.45) is 0 Å². The zero-order chi connectivity index (χ0) is 18.7. The van der Waals surface area contributed by atoms with E-state index in [0.29, 0.717) is 5.56 Å². The number of amides is 1. The Labute approximate surface area is 154 Å². The first kappa shape index (κ1) is 18.5. The second kappa shape index (κ2) is 7.50. The number of piperidine rings is 1. The number of aryl methyl sites for hydroxylation is 1. The van der Waals surface area contributed by atoms with Crippen LogP contribution in [0.4, 0.5) is 11.4 Å². The minimum atomic E-state index is -3.36. The van der Waals surface area contributed by atoms with Gasteiger partial charge in [-0.25, -0.2) is 8.42 Å². The highest BCUT2D eigenvalue weighted by molar-refractivity contribution is 7.90. The van der Waals surface area contributed by atoms with Crippen LogP contribution in [0.3, 0.4) is 0 Å². The number of para-hydroxylation sites is 2. The van der Waals surface area contributed by atoms with E-state index in [2.05, 4.69) is 10.2 Å². The van der Waals surface area contributed by atoms with Crippen molar-refractivity contribution in [2.45, 2.75) is 31.1 Å². The Hall–Kier alpha value is -2.34. The molecule has 0 saturated carbocycles. The van der Waals surface area contributed by atoms with Gasteiger partial charge in [-0.15, -0.1) is 0 Å². The highest BCUT2D eigenvalue weighted by atomic mass is 32.2. The van der Waals surface area contributed by atoms with Crippen molar-refractivity contribution in [3.8, 4) is 0 Å². The van der Waals surface area contributed by atoms with Gasteiger partial charge in [-0.2, -0.15) is 0 Å². The lowest BCUT2D eigenvalue weighted by molar-refractivity contribution is 0.102. The van der Waals surface area contributed by atoms with Gasteiger partial charge in [-0.1, -0.05) is 18.2 Å². The summed E-state index contributed by atoms with van der Waals surface area (Å²) in [5.74, 6) is -0.294. The summed E-state index contributed by atoms with van der Waals surface area (Å²) in [4.78, 5) is 15.3. The van der Waals surface area contributed by atoms with Crippen molar-refractivity contribution >= 4 is 27.1 Å². The van der Waals surface area contributed by atoms with Gasteiger partial charge in [0.05, 0.1) is 16.3 Å². The Morgan fingerprint density at radius 2 is 1.73 bits per heavy atom. The highest BCUT2D eigenvalue weighted by Gasteiger charge is 2.18. The van der Waals surface area contributed by atoms with Gasteiger partial charge < -0.3 is 10.2 Å². The minimum Gasteiger partial charge on any atom is -0.370 e. The molecule has 1 aliphatic rings. The number of carbonyl (C=O) groups is 1. The molecular formula is C20H24N2O3S. The molecule has 1 aliphatic heterocycles. The molecule has 0 spiro atoms. The Morgan fingerprint density at radius 1 is 1.04 bits per heavy atom. The van der Waals surface area contributed by atoms with Gasteiger partial charge in [0.1, 0.15) is 0 Å². The summed E-state index contributed by atoms with van der Waals surface area (Å²) in [6.07, 6.45) is 4.68. The molecule has 2 aromatic carbocycles. The van der Waals surface area contributed by atoms with Crippen molar-refractivity contribution in [1.29, 1.82) is 0 Å². The van der Waals surface area contributed by atoms with Gasteiger partial charge in [0.2, 0.25) is 0 Å². The molecule has 1 fully saturated rings. The summed E-state index contributed by atoms with van der Waals surface area (Å²) in [6, 6.07) is 12.4. The maximum atomic E-state index is 12.8. The first-order chi connectivity index (χ1) is 12.4. The van der Waals surface area contributed by atoms with Crippen LogP contribution in [0.15, 0.2) is 47.4 Å². The molecule has 1 saturated heterocycles. The number of benzene rings is 2. The van der Waals surface area contributed by atoms with Crippen molar-refractivity contribution in [1.82, 2.24) is 0 Å². The summed E-state index contributed by atoms with van der Waals surface area (Å²) in [5.41, 5.74) is 2.88. The number of rotatable bonds is 4. The van der Waals surface area contributed by atoms with Crippen LogP contribution in [0.25, 0.3) is 0 Å². The van der Waals surface area contributed by atoms with Crippen molar-refractivity contribution in [3.63, 3.8) is 0 Å². The standard InChI is InChI=1S/C20H24N2O3S/c1-15-10-11-16(26(2,24)25)14-17(15)20(23)21-18-8-4-5-9-19(18)22-12-6-3-7-13-22/h4-5,8-11,14H,3,6-7,12-13H2,1-2H3,(H,21,23). The van der Waals surface area contributed by atoms with Crippen LogP contribution in [-0.4, -0.2) is 33.7 Å². The summed E-state index contributed by atoms with van der Waals surface area (Å²) >= 11 is 0. The number of sulfone groups is 1. The fraction of sp³-hybridized carbons (Fsp3) is 0.350. The number of nitrogens with zero attached hydrogens (tertiary/aromatic N) is 1. The van der Waals surface area contributed by atoms with Crippen LogP contribution in [0.5, 0.6) is 0 Å². The maximum absolute atomic E-state index is 12.8. The van der Waals surface area contributed by atoms with Crippen LogP contribution in [0, 0.1) is 6.92 Å². The Bertz CT molecular complexity index is 916. The maximum Gasteiger partial charge on any atom is 0.256 e. The van der Waals surface area contributed by atoms with Gasteiger partial charge in [0.15, 0.2) is 9.84 Å². The molecule has 1 heterocycles. The topological polar surface area (TPSA) is 66.5 Å². The first-order valence-corrected chi connectivity index (χ1v) is 10.7. The zero-order valence-electron chi connectivity index (χ0n) is 15.2. The van der Waals surface area contributed by atoms with E-state index in [-0.39, 0.29) is 10.8 Å². The Kier molecular flexibility index (Phi) is 5.32. The summed E-state index contributed by atoms with van der Waals surface area (Å²) in [5, 5.41) is 2.97. The van der Waals surface area contributed by atoms with Gasteiger partial charge in [0, 0.05) is 24.9 Å². The largest absolute Gasteiger partial charge is 0.370 e. The van der Waals surface area contributed by atoms with Crippen LogP contribution < -0.4 is 10.2 Å². The molecule has 0 aromatic heterocycles. The molecule has 26 heavy (non-hydrogen) atoms. The van der Waals surface area contributed by atoms with Gasteiger partial charge in [-0.05, 0) is 56.0 Å². The monoisotopic (exact) mass is 372 g/mol. The quantitative estimate of drug-likeness (QED) is 0.890. The molecule has 1 amide bonds. The molecular weight excluding hydrogens is 348 g/mol. The molecule has 138 valence electrons. The second-order valence-corrected chi connectivity index (χ2v) is 8.78. The molecule has 0 atom stereocenters. The van der Waals surface area contributed by atoms with E-state index >= 15 is 0 Å². The van der Waals surface area contributed by atoms with Gasteiger partial charge in [-0.3, -0.25) is 4.79 Å². The number of hydrogen-bond acceptors (Lipinski definition) is 4. The third-order valence-corrected chi connectivity index (χ3v) is 5.84. The summed E-state index contributed by atoms with van der Waals surface area (Å²) in [7, 11) is -3.36. The normalized spacial score (nSPS) is 14.9. The first-order valence-electron chi connectivity index (χ1n) is 8.82. The number of hydrogen-bond donors (Lipinski definition) is 1. The average Bonchev–Trinajstić information content (AvgIpc) is 2.62. The van der Waals surface area contributed by atoms with E-state index in [1.807, 2.05) is 24.3 Å². The van der Waals surface area contributed by atoms with Crippen molar-refractivity contribution in [2.75, 3.05) is 29.6 Å². The zero-order valence-corrected chi connectivity index (χ0v) is 16.0. The molecule has 0 aliphatic carbocycles. The SMILES string of the molecule is Cc1ccc(S(C)(=O)=O)cc1C(=O)Nc1ccccc1N1CCCCC1. The summed E-state index contributed by atoms with van der Waals surface area (Å²) < 4.78 is 23.6.